The molecule has 0 aromatic heterocycles. The first kappa shape index (κ1) is 19.1. The summed E-state index contributed by atoms with van der Waals surface area (Å²) >= 11 is 0. The summed E-state index contributed by atoms with van der Waals surface area (Å²) in [4.78, 5) is 29.3. The number of carbonyl (C=O) groups excluding carboxylic acids is 2. The molecule has 152 valence electrons. The Kier molecular flexibility index (Phi) is 4.97. The van der Waals surface area contributed by atoms with Crippen molar-refractivity contribution in [3.63, 3.8) is 0 Å². The Hall–Kier alpha value is -2.25. The minimum Gasteiger partial charge on any atom is -0.372 e. The van der Waals surface area contributed by atoms with Crippen LogP contribution < -0.4 is 9.80 Å². The highest BCUT2D eigenvalue weighted by Gasteiger charge is 2.44. The SMILES string of the molecule is O=C(C1CCN(C(=O)C(F)(F)F)CC1)N1CCc2cc(N3CCCC3)ccc21. The van der Waals surface area contributed by atoms with E-state index in [1.807, 2.05) is 6.07 Å². The van der Waals surface area contributed by atoms with Gasteiger partial charge in [-0.15, -0.1) is 0 Å². The summed E-state index contributed by atoms with van der Waals surface area (Å²) in [6, 6.07) is 6.22. The number of benzene rings is 1. The second-order valence-electron chi connectivity index (χ2n) is 7.81. The monoisotopic (exact) mass is 395 g/mol. The van der Waals surface area contributed by atoms with Crippen LogP contribution in [0.5, 0.6) is 0 Å². The van der Waals surface area contributed by atoms with E-state index in [4.69, 9.17) is 0 Å². The van der Waals surface area contributed by atoms with Crippen LogP contribution in [0.2, 0.25) is 0 Å². The van der Waals surface area contributed by atoms with Gasteiger partial charge in [-0.05, 0) is 55.9 Å². The van der Waals surface area contributed by atoms with E-state index in [-0.39, 0.29) is 37.8 Å². The third-order valence-electron chi connectivity index (χ3n) is 6.07. The molecule has 5 nitrogen and oxygen atoms in total. The zero-order chi connectivity index (χ0) is 19.9. The Morgan fingerprint density at radius 2 is 1.64 bits per heavy atom. The molecule has 0 saturated carbocycles. The van der Waals surface area contributed by atoms with Crippen LogP contribution in [-0.2, 0) is 16.0 Å². The molecule has 0 aliphatic carbocycles. The van der Waals surface area contributed by atoms with Gasteiger partial charge in [0.1, 0.15) is 0 Å². The number of hydrogen-bond donors (Lipinski definition) is 0. The first-order valence-corrected chi connectivity index (χ1v) is 9.90. The number of alkyl halides is 3. The van der Waals surface area contributed by atoms with Gasteiger partial charge in [0.25, 0.3) is 0 Å². The molecule has 0 atom stereocenters. The highest BCUT2D eigenvalue weighted by Crippen LogP contribution is 2.35. The lowest BCUT2D eigenvalue weighted by atomic mass is 9.95. The standard InChI is InChI=1S/C20H24F3N3O2/c21-20(22,23)19(28)25-10-5-14(6-11-25)18(27)26-12-7-15-13-16(3-4-17(15)26)24-8-1-2-9-24/h3-4,13-14H,1-2,5-12H2. The highest BCUT2D eigenvalue weighted by molar-refractivity contribution is 5.97. The van der Waals surface area contributed by atoms with Crippen molar-refractivity contribution < 1.29 is 22.8 Å². The van der Waals surface area contributed by atoms with Crippen molar-refractivity contribution in [3.05, 3.63) is 23.8 Å². The van der Waals surface area contributed by atoms with Gasteiger partial charge in [-0.1, -0.05) is 0 Å². The fourth-order valence-electron chi connectivity index (χ4n) is 4.52. The molecule has 28 heavy (non-hydrogen) atoms. The maximum atomic E-state index is 13.0. The fourth-order valence-corrected chi connectivity index (χ4v) is 4.52. The summed E-state index contributed by atoms with van der Waals surface area (Å²) in [5.74, 6) is -2.17. The van der Waals surface area contributed by atoms with Crippen molar-refractivity contribution in [2.45, 2.75) is 38.3 Å². The summed E-state index contributed by atoms with van der Waals surface area (Å²) in [5, 5.41) is 0. The van der Waals surface area contributed by atoms with Gasteiger partial charge in [-0.25, -0.2) is 0 Å². The van der Waals surface area contributed by atoms with Crippen molar-refractivity contribution in [1.29, 1.82) is 0 Å². The normalized spacial score (nSPS) is 20.6. The Morgan fingerprint density at radius 1 is 0.964 bits per heavy atom. The van der Waals surface area contributed by atoms with Gasteiger partial charge in [0.05, 0.1) is 0 Å². The molecule has 2 amide bonds. The van der Waals surface area contributed by atoms with Gasteiger partial charge in [0.15, 0.2) is 0 Å². The molecule has 0 N–H and O–H groups in total. The van der Waals surface area contributed by atoms with Crippen molar-refractivity contribution in [3.8, 4) is 0 Å². The molecule has 0 radical (unpaired) electrons. The molecule has 3 aliphatic rings. The van der Waals surface area contributed by atoms with Crippen LogP contribution in [0.15, 0.2) is 18.2 Å². The van der Waals surface area contributed by atoms with Crippen molar-refractivity contribution in [2.75, 3.05) is 42.5 Å². The molecule has 0 spiro atoms. The van der Waals surface area contributed by atoms with E-state index in [2.05, 4.69) is 17.0 Å². The van der Waals surface area contributed by atoms with E-state index in [9.17, 15) is 22.8 Å². The Balaban J connectivity index is 1.40. The lowest BCUT2D eigenvalue weighted by Crippen LogP contribution is -2.48. The van der Waals surface area contributed by atoms with E-state index < -0.39 is 12.1 Å². The summed E-state index contributed by atoms with van der Waals surface area (Å²) in [6.07, 6.45) is -1.09. The lowest BCUT2D eigenvalue weighted by Gasteiger charge is -2.33. The highest BCUT2D eigenvalue weighted by atomic mass is 19.4. The van der Waals surface area contributed by atoms with E-state index in [1.54, 1.807) is 4.90 Å². The van der Waals surface area contributed by atoms with Gasteiger partial charge in [-0.3, -0.25) is 9.59 Å². The van der Waals surface area contributed by atoms with Crippen LogP contribution in [-0.4, -0.2) is 55.6 Å². The second-order valence-corrected chi connectivity index (χ2v) is 7.81. The van der Waals surface area contributed by atoms with Crippen molar-refractivity contribution >= 4 is 23.2 Å². The molecule has 2 fully saturated rings. The molecular formula is C20H24F3N3O2. The maximum Gasteiger partial charge on any atom is 0.471 e. The molecule has 3 heterocycles. The summed E-state index contributed by atoms with van der Waals surface area (Å²) < 4.78 is 37.7. The van der Waals surface area contributed by atoms with Crippen LogP contribution in [0, 0.1) is 5.92 Å². The number of anilines is 2. The number of amides is 2. The van der Waals surface area contributed by atoms with Gasteiger partial charge >= 0.3 is 12.1 Å². The van der Waals surface area contributed by atoms with Gasteiger partial charge in [-0.2, -0.15) is 13.2 Å². The summed E-state index contributed by atoms with van der Waals surface area (Å²) in [5.41, 5.74) is 3.27. The van der Waals surface area contributed by atoms with Crippen LogP contribution in [0.1, 0.15) is 31.2 Å². The predicted molar refractivity (Wildman–Crippen MR) is 99.3 cm³/mol. The molecule has 2 saturated heterocycles. The van der Waals surface area contributed by atoms with Crippen LogP contribution in [0.4, 0.5) is 24.5 Å². The minimum atomic E-state index is -4.85. The van der Waals surface area contributed by atoms with Crippen LogP contribution >= 0.6 is 0 Å². The molecule has 0 unspecified atom stereocenters. The van der Waals surface area contributed by atoms with E-state index in [0.717, 1.165) is 35.7 Å². The largest absolute Gasteiger partial charge is 0.471 e. The quantitative estimate of drug-likeness (QED) is 0.773. The van der Waals surface area contributed by atoms with Gasteiger partial charge < -0.3 is 14.7 Å². The number of halogens is 3. The summed E-state index contributed by atoms with van der Waals surface area (Å²) in [7, 11) is 0. The zero-order valence-corrected chi connectivity index (χ0v) is 15.7. The van der Waals surface area contributed by atoms with E-state index in [0.29, 0.717) is 6.54 Å². The lowest BCUT2D eigenvalue weighted by molar-refractivity contribution is -0.186. The van der Waals surface area contributed by atoms with Crippen LogP contribution in [0.3, 0.4) is 0 Å². The Morgan fingerprint density at radius 3 is 2.29 bits per heavy atom. The molecule has 1 aromatic carbocycles. The number of likely N-dealkylation sites (tertiary alicyclic amines) is 1. The third kappa shape index (κ3) is 3.56. The van der Waals surface area contributed by atoms with Gasteiger partial charge in [0.2, 0.25) is 5.91 Å². The van der Waals surface area contributed by atoms with Crippen LogP contribution in [0.25, 0.3) is 0 Å². The second kappa shape index (κ2) is 7.29. The fraction of sp³-hybridized carbons (Fsp3) is 0.600. The number of nitrogens with zero attached hydrogens (tertiary/aromatic N) is 3. The molecule has 1 aromatic rings. The first-order chi connectivity index (χ1) is 13.3. The number of hydrogen-bond acceptors (Lipinski definition) is 3. The molecule has 8 heteroatoms. The van der Waals surface area contributed by atoms with E-state index in [1.165, 1.54) is 18.5 Å². The number of rotatable bonds is 2. The van der Waals surface area contributed by atoms with Crippen molar-refractivity contribution in [2.24, 2.45) is 5.92 Å². The summed E-state index contributed by atoms with van der Waals surface area (Å²) in [6.45, 7) is 2.69. The maximum absolute atomic E-state index is 13.0. The Bertz CT molecular complexity index is 766. The third-order valence-corrected chi connectivity index (χ3v) is 6.07. The predicted octanol–water partition coefficient (Wildman–Crippen LogP) is 2.98. The average Bonchev–Trinajstić information content (AvgIpc) is 3.35. The van der Waals surface area contributed by atoms with E-state index >= 15 is 0 Å². The average molecular weight is 395 g/mol. The van der Waals surface area contributed by atoms with Gasteiger partial charge in [0, 0.05) is 50.0 Å². The van der Waals surface area contributed by atoms with Crippen molar-refractivity contribution in [1.82, 2.24) is 4.90 Å². The minimum absolute atomic E-state index is 0.0245. The number of piperidine rings is 1. The molecule has 4 rings (SSSR count). The first-order valence-electron chi connectivity index (χ1n) is 9.90. The topological polar surface area (TPSA) is 43.9 Å². The molecular weight excluding hydrogens is 371 g/mol. The molecule has 0 bridgehead atoms. The Labute approximate surface area is 162 Å². The zero-order valence-electron chi connectivity index (χ0n) is 15.7. The molecule has 3 aliphatic heterocycles. The smallest absolute Gasteiger partial charge is 0.372 e. The number of fused-ring (bicyclic) bond motifs is 1. The number of carbonyl (C=O) groups is 2.